The molecule has 0 saturated heterocycles. The molecule has 5 nitrogen and oxygen atoms in total. The Labute approximate surface area is 177 Å². The van der Waals surface area contributed by atoms with Crippen LogP contribution in [0.1, 0.15) is 31.9 Å². The van der Waals surface area contributed by atoms with E-state index in [9.17, 15) is 9.59 Å². The average molecular weight is 405 g/mol. The number of hydrogen-bond donors (Lipinski definition) is 0. The highest BCUT2D eigenvalue weighted by Gasteiger charge is 2.37. The summed E-state index contributed by atoms with van der Waals surface area (Å²) in [7, 11) is 1.33. The third kappa shape index (κ3) is 4.79. The van der Waals surface area contributed by atoms with Crippen molar-refractivity contribution in [3.8, 4) is 5.75 Å². The summed E-state index contributed by atoms with van der Waals surface area (Å²) in [5.41, 5.74) is 3.15. The van der Waals surface area contributed by atoms with Crippen LogP contribution in [0.15, 0.2) is 71.4 Å². The Hall–Kier alpha value is -3.34. The van der Waals surface area contributed by atoms with Crippen LogP contribution in [-0.2, 0) is 20.9 Å². The Morgan fingerprint density at radius 2 is 1.83 bits per heavy atom. The first-order chi connectivity index (χ1) is 14.4. The zero-order chi connectivity index (χ0) is 21.7. The maximum absolute atomic E-state index is 13.1. The first kappa shape index (κ1) is 21.4. The molecular formula is C25H27NO4. The maximum atomic E-state index is 13.1. The summed E-state index contributed by atoms with van der Waals surface area (Å²) >= 11 is 0. The summed E-state index contributed by atoms with van der Waals surface area (Å²) in [6.07, 6.45) is 1.73. The number of carbonyl (C=O) groups is 2. The first-order valence-corrected chi connectivity index (χ1v) is 10.0. The highest BCUT2D eigenvalue weighted by atomic mass is 16.5. The second-order valence-electron chi connectivity index (χ2n) is 7.67. The molecule has 2 aromatic rings. The fourth-order valence-electron chi connectivity index (χ4n) is 3.41. The molecular weight excluding hydrogens is 378 g/mol. The van der Waals surface area contributed by atoms with Crippen molar-refractivity contribution in [3.63, 3.8) is 0 Å². The summed E-state index contributed by atoms with van der Waals surface area (Å²) in [4.78, 5) is 27.1. The second-order valence-corrected chi connectivity index (χ2v) is 7.67. The van der Waals surface area contributed by atoms with Gasteiger partial charge in [0, 0.05) is 12.2 Å². The predicted molar refractivity (Wildman–Crippen MR) is 116 cm³/mol. The molecule has 0 unspecified atom stereocenters. The van der Waals surface area contributed by atoms with Gasteiger partial charge in [-0.05, 0) is 42.2 Å². The fourth-order valence-corrected chi connectivity index (χ4v) is 3.41. The van der Waals surface area contributed by atoms with Gasteiger partial charge in [0.15, 0.2) is 0 Å². The molecule has 0 spiro atoms. The molecule has 1 heterocycles. The van der Waals surface area contributed by atoms with Crippen molar-refractivity contribution in [3.05, 3.63) is 82.6 Å². The number of methoxy groups -OCH3 is 1. The summed E-state index contributed by atoms with van der Waals surface area (Å²) in [6.45, 7) is 6.85. The number of ether oxygens (including phenoxy) is 2. The zero-order valence-electron chi connectivity index (χ0n) is 17.8. The van der Waals surface area contributed by atoms with E-state index in [2.05, 4.69) is 0 Å². The van der Waals surface area contributed by atoms with Crippen molar-refractivity contribution in [2.75, 3.05) is 13.7 Å². The second kappa shape index (κ2) is 9.44. The molecule has 1 aliphatic heterocycles. The van der Waals surface area contributed by atoms with E-state index in [0.29, 0.717) is 35.7 Å². The topological polar surface area (TPSA) is 55.8 Å². The SMILES string of the molecule is COC(=O)C1=C(C)N(CC(C)C)C(=O)/C1=C\c1cccc(OCc2ccccc2)c1. The Bertz CT molecular complexity index is 989. The van der Waals surface area contributed by atoms with Crippen molar-refractivity contribution in [1.82, 2.24) is 4.90 Å². The highest BCUT2D eigenvalue weighted by molar-refractivity contribution is 6.16. The Kier molecular flexibility index (Phi) is 6.72. The average Bonchev–Trinajstić information content (AvgIpc) is 2.96. The van der Waals surface area contributed by atoms with Gasteiger partial charge in [0.05, 0.1) is 18.3 Å². The van der Waals surface area contributed by atoms with Gasteiger partial charge in [0.25, 0.3) is 5.91 Å². The smallest absolute Gasteiger partial charge is 0.340 e. The Morgan fingerprint density at radius 1 is 1.10 bits per heavy atom. The summed E-state index contributed by atoms with van der Waals surface area (Å²) in [6, 6.07) is 17.4. The van der Waals surface area contributed by atoms with E-state index in [1.165, 1.54) is 7.11 Å². The van der Waals surface area contributed by atoms with Gasteiger partial charge in [0.1, 0.15) is 12.4 Å². The summed E-state index contributed by atoms with van der Waals surface area (Å²) in [5, 5.41) is 0. The molecule has 5 heteroatoms. The largest absolute Gasteiger partial charge is 0.489 e. The lowest BCUT2D eigenvalue weighted by atomic mass is 10.0. The maximum Gasteiger partial charge on any atom is 0.340 e. The number of esters is 1. The van der Waals surface area contributed by atoms with Gasteiger partial charge in [0.2, 0.25) is 0 Å². The molecule has 0 aliphatic carbocycles. The monoisotopic (exact) mass is 405 g/mol. The summed E-state index contributed by atoms with van der Waals surface area (Å²) in [5.74, 6) is 0.280. The van der Waals surface area contributed by atoms with Crippen LogP contribution in [0.4, 0.5) is 0 Å². The van der Waals surface area contributed by atoms with Crippen LogP contribution >= 0.6 is 0 Å². The van der Waals surface area contributed by atoms with Crippen LogP contribution in [0.5, 0.6) is 5.75 Å². The molecule has 156 valence electrons. The van der Waals surface area contributed by atoms with Crippen LogP contribution in [0.25, 0.3) is 6.08 Å². The summed E-state index contributed by atoms with van der Waals surface area (Å²) < 4.78 is 10.8. The van der Waals surface area contributed by atoms with Gasteiger partial charge < -0.3 is 14.4 Å². The van der Waals surface area contributed by atoms with Crippen LogP contribution in [-0.4, -0.2) is 30.4 Å². The minimum Gasteiger partial charge on any atom is -0.489 e. The van der Waals surface area contributed by atoms with E-state index in [0.717, 1.165) is 11.1 Å². The van der Waals surface area contributed by atoms with Crippen molar-refractivity contribution >= 4 is 18.0 Å². The van der Waals surface area contributed by atoms with Crippen molar-refractivity contribution in [2.24, 2.45) is 5.92 Å². The number of hydrogen-bond acceptors (Lipinski definition) is 4. The third-order valence-corrected chi connectivity index (χ3v) is 4.87. The van der Waals surface area contributed by atoms with Crippen molar-refractivity contribution in [1.29, 1.82) is 0 Å². The molecule has 0 atom stereocenters. The molecule has 2 aromatic carbocycles. The van der Waals surface area contributed by atoms with Gasteiger partial charge in [-0.2, -0.15) is 0 Å². The molecule has 0 fully saturated rings. The van der Waals surface area contributed by atoms with Crippen LogP contribution < -0.4 is 4.74 Å². The van der Waals surface area contributed by atoms with E-state index in [1.807, 2.05) is 68.4 Å². The molecule has 1 amide bonds. The number of allylic oxidation sites excluding steroid dienone is 1. The minimum absolute atomic E-state index is 0.183. The van der Waals surface area contributed by atoms with E-state index in [-0.39, 0.29) is 11.8 Å². The lowest BCUT2D eigenvalue weighted by Crippen LogP contribution is -2.28. The Balaban J connectivity index is 1.88. The van der Waals surface area contributed by atoms with Gasteiger partial charge >= 0.3 is 5.97 Å². The van der Waals surface area contributed by atoms with E-state index >= 15 is 0 Å². The molecule has 0 saturated carbocycles. The van der Waals surface area contributed by atoms with Gasteiger partial charge in [-0.15, -0.1) is 0 Å². The quantitative estimate of drug-likeness (QED) is 0.499. The number of benzene rings is 2. The fraction of sp³-hybridized carbons (Fsp3) is 0.280. The lowest BCUT2D eigenvalue weighted by molar-refractivity contribution is -0.136. The third-order valence-electron chi connectivity index (χ3n) is 4.87. The van der Waals surface area contributed by atoms with E-state index in [1.54, 1.807) is 17.9 Å². The van der Waals surface area contributed by atoms with Gasteiger partial charge in [-0.25, -0.2) is 4.79 Å². The standard InChI is InChI=1S/C25H27NO4/c1-17(2)15-26-18(3)23(25(28)29-4)22(24(26)27)14-20-11-8-12-21(13-20)30-16-19-9-6-5-7-10-19/h5-14,17H,15-16H2,1-4H3/b22-14-. The highest BCUT2D eigenvalue weighted by Crippen LogP contribution is 2.32. The van der Waals surface area contributed by atoms with E-state index in [4.69, 9.17) is 9.47 Å². The normalized spacial score (nSPS) is 15.3. The predicted octanol–water partition coefficient (Wildman–Crippen LogP) is 4.59. The van der Waals surface area contributed by atoms with E-state index < -0.39 is 5.97 Å². The Morgan fingerprint density at radius 3 is 2.50 bits per heavy atom. The molecule has 0 aromatic heterocycles. The lowest BCUT2D eigenvalue weighted by Gasteiger charge is -2.19. The van der Waals surface area contributed by atoms with Crippen LogP contribution in [0.2, 0.25) is 0 Å². The van der Waals surface area contributed by atoms with Gasteiger partial charge in [-0.3, -0.25) is 4.79 Å². The zero-order valence-corrected chi connectivity index (χ0v) is 17.8. The number of nitrogens with zero attached hydrogens (tertiary/aromatic N) is 1. The molecule has 0 bridgehead atoms. The molecule has 1 aliphatic rings. The van der Waals surface area contributed by atoms with Crippen molar-refractivity contribution in [2.45, 2.75) is 27.4 Å². The first-order valence-electron chi connectivity index (χ1n) is 10.0. The van der Waals surface area contributed by atoms with Gasteiger partial charge in [-0.1, -0.05) is 56.3 Å². The number of rotatable bonds is 7. The molecule has 30 heavy (non-hydrogen) atoms. The van der Waals surface area contributed by atoms with Crippen LogP contribution in [0.3, 0.4) is 0 Å². The molecule has 0 radical (unpaired) electrons. The van der Waals surface area contributed by atoms with Crippen LogP contribution in [0, 0.1) is 5.92 Å². The number of amides is 1. The molecule has 3 rings (SSSR count). The molecule has 0 N–H and O–H groups in total. The van der Waals surface area contributed by atoms with Crippen molar-refractivity contribution < 1.29 is 19.1 Å². The number of carbonyl (C=O) groups excluding carboxylic acids is 2. The minimum atomic E-state index is -0.505.